The van der Waals surface area contributed by atoms with Crippen molar-refractivity contribution in [2.75, 3.05) is 6.79 Å². The monoisotopic (exact) mass is 310 g/mol. The summed E-state index contributed by atoms with van der Waals surface area (Å²) >= 11 is 5.48. The van der Waals surface area contributed by atoms with Crippen LogP contribution < -0.4 is 14.8 Å². The van der Waals surface area contributed by atoms with E-state index in [2.05, 4.69) is 16.4 Å². The molecule has 2 aromatic carbocycles. The molecule has 0 atom stereocenters. The summed E-state index contributed by atoms with van der Waals surface area (Å²) in [6.07, 6.45) is 1.93. The summed E-state index contributed by atoms with van der Waals surface area (Å²) in [5.41, 5.74) is 3.24. The average Bonchev–Trinajstić information content (AvgIpc) is 3.19. The van der Waals surface area contributed by atoms with Crippen molar-refractivity contribution in [1.29, 1.82) is 0 Å². The van der Waals surface area contributed by atoms with Gasteiger partial charge in [-0.15, -0.1) is 0 Å². The van der Waals surface area contributed by atoms with Gasteiger partial charge >= 0.3 is 0 Å². The lowest BCUT2D eigenvalue weighted by Crippen LogP contribution is -2.21. The molecule has 1 aliphatic heterocycles. The number of aromatic nitrogens is 1. The third kappa shape index (κ3) is 2.40. The second kappa shape index (κ2) is 5.35. The molecule has 5 heteroatoms. The fraction of sp³-hybridized carbons (Fsp3) is 0.118. The summed E-state index contributed by atoms with van der Waals surface area (Å²) in [4.78, 5) is 3.91. The lowest BCUT2D eigenvalue weighted by molar-refractivity contribution is 0.174. The molecule has 0 bridgehead atoms. The van der Waals surface area contributed by atoms with E-state index in [0.29, 0.717) is 13.3 Å². The molecule has 0 aliphatic carbocycles. The smallest absolute Gasteiger partial charge is 0.231 e. The Kier molecular flexibility index (Phi) is 3.20. The Labute approximate surface area is 133 Å². The lowest BCUT2D eigenvalue weighted by atomic mass is 10.1. The van der Waals surface area contributed by atoms with E-state index in [1.165, 1.54) is 0 Å². The number of H-pyrrole nitrogens is 1. The molecule has 4 nitrogen and oxygen atoms in total. The predicted octanol–water partition coefficient (Wildman–Crippen LogP) is 3.36. The molecule has 1 aromatic heterocycles. The molecule has 110 valence electrons. The molecule has 1 aliphatic rings. The molecular weight excluding hydrogens is 296 g/mol. The Morgan fingerprint density at radius 2 is 2.00 bits per heavy atom. The Morgan fingerprint density at radius 3 is 2.95 bits per heavy atom. The molecule has 0 fully saturated rings. The quantitative estimate of drug-likeness (QED) is 0.728. The van der Waals surface area contributed by atoms with Gasteiger partial charge in [-0.2, -0.15) is 0 Å². The van der Waals surface area contributed by atoms with Gasteiger partial charge in [-0.1, -0.05) is 18.3 Å². The van der Waals surface area contributed by atoms with E-state index in [1.807, 2.05) is 42.6 Å². The Hall–Kier alpha value is -2.53. The number of benzene rings is 2. The van der Waals surface area contributed by atoms with Gasteiger partial charge in [-0.05, 0) is 42.0 Å². The van der Waals surface area contributed by atoms with E-state index >= 15 is 0 Å². The molecule has 2 N–H and O–H groups in total. The molecule has 0 spiro atoms. The molecular formula is C17H14N2O2S. The van der Waals surface area contributed by atoms with E-state index in [9.17, 15) is 0 Å². The normalized spacial score (nSPS) is 12.5. The number of hydrogen-bond acceptors (Lipinski definition) is 3. The van der Waals surface area contributed by atoms with Crippen LogP contribution in [0.1, 0.15) is 11.1 Å². The highest BCUT2D eigenvalue weighted by Crippen LogP contribution is 2.32. The fourth-order valence-corrected chi connectivity index (χ4v) is 2.73. The van der Waals surface area contributed by atoms with Crippen molar-refractivity contribution < 1.29 is 9.47 Å². The molecule has 0 saturated carbocycles. The van der Waals surface area contributed by atoms with Crippen molar-refractivity contribution in [2.24, 2.45) is 0 Å². The van der Waals surface area contributed by atoms with Crippen LogP contribution in [0.3, 0.4) is 0 Å². The van der Waals surface area contributed by atoms with Gasteiger partial charge in [-0.3, -0.25) is 0 Å². The summed E-state index contributed by atoms with van der Waals surface area (Å²) < 4.78 is 10.7. The zero-order chi connectivity index (χ0) is 14.9. The average molecular weight is 310 g/mol. The van der Waals surface area contributed by atoms with Crippen LogP contribution in [0.25, 0.3) is 10.9 Å². The highest BCUT2D eigenvalue weighted by Gasteiger charge is 2.13. The van der Waals surface area contributed by atoms with Crippen LogP contribution in [0.2, 0.25) is 0 Å². The molecule has 22 heavy (non-hydrogen) atoms. The van der Waals surface area contributed by atoms with E-state index in [4.69, 9.17) is 21.7 Å². The third-order valence-electron chi connectivity index (χ3n) is 3.71. The standard InChI is InChI=1S/C17H14N2O2S/c22-17(13-2-3-14-12(8-13)5-6-18-14)19-9-11-1-4-15-16(7-11)21-10-20-15/h1-8,18H,9-10H2,(H,19,22). The van der Waals surface area contributed by atoms with Crippen LogP contribution in [0.4, 0.5) is 0 Å². The largest absolute Gasteiger partial charge is 0.454 e. The summed E-state index contributed by atoms with van der Waals surface area (Å²) in [6, 6.07) is 14.1. The Bertz CT molecular complexity index is 857. The highest BCUT2D eigenvalue weighted by molar-refractivity contribution is 7.80. The maximum absolute atomic E-state index is 5.48. The van der Waals surface area contributed by atoms with Gasteiger partial charge in [-0.25, -0.2) is 0 Å². The maximum atomic E-state index is 5.48. The number of nitrogens with one attached hydrogen (secondary N) is 2. The van der Waals surface area contributed by atoms with Crippen LogP contribution in [-0.4, -0.2) is 16.8 Å². The third-order valence-corrected chi connectivity index (χ3v) is 4.09. The number of thiocarbonyl (C=S) groups is 1. The number of rotatable bonds is 3. The van der Waals surface area contributed by atoms with Crippen LogP contribution in [-0.2, 0) is 6.54 Å². The summed E-state index contributed by atoms with van der Waals surface area (Å²) in [7, 11) is 0. The second-order valence-corrected chi connectivity index (χ2v) is 5.56. The van der Waals surface area contributed by atoms with Crippen LogP contribution in [0.15, 0.2) is 48.7 Å². The Morgan fingerprint density at radius 1 is 1.09 bits per heavy atom. The minimum absolute atomic E-state index is 0.293. The second-order valence-electron chi connectivity index (χ2n) is 5.15. The minimum Gasteiger partial charge on any atom is -0.454 e. The Balaban J connectivity index is 1.47. The first kappa shape index (κ1) is 13.2. The number of ether oxygens (including phenoxy) is 2. The fourth-order valence-electron chi connectivity index (χ4n) is 2.53. The van der Waals surface area contributed by atoms with Crippen LogP contribution >= 0.6 is 12.2 Å². The van der Waals surface area contributed by atoms with Crippen molar-refractivity contribution in [3.05, 3.63) is 59.8 Å². The number of fused-ring (bicyclic) bond motifs is 2. The highest BCUT2D eigenvalue weighted by atomic mass is 32.1. The van der Waals surface area contributed by atoms with Gasteiger partial charge in [0.05, 0.1) is 0 Å². The first-order valence-electron chi connectivity index (χ1n) is 7.03. The molecule has 0 amide bonds. The first-order chi connectivity index (χ1) is 10.8. The zero-order valence-corrected chi connectivity index (χ0v) is 12.6. The summed E-state index contributed by atoms with van der Waals surface area (Å²) in [5.74, 6) is 1.59. The molecule has 0 unspecified atom stereocenters. The van der Waals surface area contributed by atoms with E-state index < -0.39 is 0 Å². The first-order valence-corrected chi connectivity index (χ1v) is 7.44. The molecule has 4 rings (SSSR count). The van der Waals surface area contributed by atoms with Crippen molar-refractivity contribution in [3.63, 3.8) is 0 Å². The topological polar surface area (TPSA) is 46.3 Å². The van der Waals surface area contributed by atoms with Gasteiger partial charge in [0.2, 0.25) is 6.79 Å². The van der Waals surface area contributed by atoms with Crippen molar-refractivity contribution in [1.82, 2.24) is 10.3 Å². The number of hydrogen-bond donors (Lipinski definition) is 2. The molecule has 2 heterocycles. The SMILES string of the molecule is S=C(NCc1ccc2c(c1)OCO2)c1ccc2[nH]ccc2c1. The van der Waals surface area contributed by atoms with Crippen molar-refractivity contribution >= 4 is 28.1 Å². The maximum Gasteiger partial charge on any atom is 0.231 e. The van der Waals surface area contributed by atoms with Gasteiger partial charge in [0.1, 0.15) is 4.99 Å². The van der Waals surface area contributed by atoms with Gasteiger partial charge in [0, 0.05) is 29.2 Å². The predicted molar refractivity (Wildman–Crippen MR) is 89.4 cm³/mol. The van der Waals surface area contributed by atoms with Crippen molar-refractivity contribution in [3.8, 4) is 11.5 Å². The molecule has 0 radical (unpaired) electrons. The van der Waals surface area contributed by atoms with Gasteiger partial charge < -0.3 is 19.8 Å². The summed E-state index contributed by atoms with van der Waals surface area (Å²) in [5, 5.41) is 4.45. The lowest BCUT2D eigenvalue weighted by Gasteiger charge is -2.09. The van der Waals surface area contributed by atoms with Crippen molar-refractivity contribution in [2.45, 2.75) is 6.54 Å². The molecule has 3 aromatic rings. The van der Waals surface area contributed by atoms with E-state index in [-0.39, 0.29) is 0 Å². The zero-order valence-electron chi connectivity index (χ0n) is 11.8. The van der Waals surface area contributed by atoms with E-state index in [1.54, 1.807) is 0 Å². The van der Waals surface area contributed by atoms with E-state index in [0.717, 1.165) is 38.5 Å². The summed E-state index contributed by atoms with van der Waals surface area (Å²) in [6.45, 7) is 0.946. The minimum atomic E-state index is 0.293. The number of aromatic amines is 1. The van der Waals surface area contributed by atoms with Crippen LogP contribution in [0.5, 0.6) is 11.5 Å². The van der Waals surface area contributed by atoms with Crippen LogP contribution in [0, 0.1) is 0 Å². The van der Waals surface area contributed by atoms with Gasteiger partial charge in [0.15, 0.2) is 11.5 Å². The van der Waals surface area contributed by atoms with Gasteiger partial charge in [0.25, 0.3) is 0 Å². The molecule has 0 saturated heterocycles.